The van der Waals surface area contributed by atoms with Gasteiger partial charge in [0.15, 0.2) is 5.13 Å². The van der Waals surface area contributed by atoms with Crippen LogP contribution in [0.1, 0.15) is 13.8 Å². The van der Waals surface area contributed by atoms with E-state index in [1.807, 2.05) is 13.8 Å². The number of hydrogen-bond donors (Lipinski definition) is 1. The highest BCUT2D eigenvalue weighted by Crippen LogP contribution is 2.31. The van der Waals surface area contributed by atoms with Crippen LogP contribution in [0.2, 0.25) is 0 Å². The monoisotopic (exact) mass is 309 g/mol. The molecule has 1 N–H and O–H groups in total. The number of nitrogens with zero attached hydrogens (tertiary/aromatic N) is 3. The molecule has 0 unspecified atom stereocenters. The topological polar surface area (TPSA) is 56.7 Å². The van der Waals surface area contributed by atoms with E-state index in [-0.39, 0.29) is 17.9 Å². The van der Waals surface area contributed by atoms with Crippen LogP contribution in [0.4, 0.5) is 14.3 Å². The third kappa shape index (κ3) is 2.53. The van der Waals surface area contributed by atoms with Gasteiger partial charge in [0.2, 0.25) is 0 Å². The Kier molecular flexibility index (Phi) is 3.44. The Hall–Kier alpha value is -1.89. The average molecular weight is 309 g/mol. The number of hydrogen-bond acceptors (Lipinski definition) is 4. The molecule has 1 aliphatic heterocycles. The van der Waals surface area contributed by atoms with Crippen LogP contribution in [-0.4, -0.2) is 46.3 Å². The number of anilines is 1. The molecule has 0 spiro atoms. The predicted octanol–water partition coefficient (Wildman–Crippen LogP) is 3.01. The molecule has 5 nitrogen and oxygen atoms in total. The van der Waals surface area contributed by atoms with E-state index >= 15 is 0 Å². The van der Waals surface area contributed by atoms with Crippen LogP contribution in [0.15, 0.2) is 18.2 Å². The molecule has 1 fully saturated rings. The van der Waals surface area contributed by atoms with E-state index in [0.29, 0.717) is 13.1 Å². The highest BCUT2D eigenvalue weighted by Gasteiger charge is 2.33. The first-order valence-electron chi connectivity index (χ1n) is 6.78. The second kappa shape index (κ2) is 5.14. The maximum Gasteiger partial charge on any atom is 0.407 e. The number of halogens is 1. The minimum atomic E-state index is -0.888. The summed E-state index contributed by atoms with van der Waals surface area (Å²) in [6.45, 7) is 4.98. The summed E-state index contributed by atoms with van der Waals surface area (Å²) in [5.41, 5.74) is 0.775. The number of amides is 1. The fraction of sp³-hybridized carbons (Fsp3) is 0.429. The Morgan fingerprint density at radius 1 is 1.38 bits per heavy atom. The van der Waals surface area contributed by atoms with Crippen molar-refractivity contribution in [1.82, 2.24) is 9.88 Å². The molecule has 1 aromatic carbocycles. The van der Waals surface area contributed by atoms with E-state index in [0.717, 1.165) is 15.3 Å². The van der Waals surface area contributed by atoms with Crippen molar-refractivity contribution < 1.29 is 14.3 Å². The molecule has 0 radical (unpaired) electrons. The van der Waals surface area contributed by atoms with Gasteiger partial charge in [-0.25, -0.2) is 14.2 Å². The predicted molar refractivity (Wildman–Crippen MR) is 80.6 cm³/mol. The Morgan fingerprint density at radius 3 is 2.67 bits per heavy atom. The molecule has 2 aromatic rings. The summed E-state index contributed by atoms with van der Waals surface area (Å²) in [6, 6.07) is 4.35. The Balaban J connectivity index is 1.88. The number of aromatic nitrogens is 1. The zero-order valence-corrected chi connectivity index (χ0v) is 12.6. The number of benzene rings is 1. The lowest BCUT2D eigenvalue weighted by Gasteiger charge is -2.42. The molecule has 0 aliphatic carbocycles. The maximum absolute atomic E-state index is 13.2. The van der Waals surface area contributed by atoms with Crippen LogP contribution in [0.3, 0.4) is 0 Å². The van der Waals surface area contributed by atoms with Crippen LogP contribution in [0.25, 0.3) is 10.2 Å². The second-order valence-corrected chi connectivity index (χ2v) is 6.41. The molecule has 1 amide bonds. The van der Waals surface area contributed by atoms with Gasteiger partial charge < -0.3 is 10.0 Å². The van der Waals surface area contributed by atoms with Crippen molar-refractivity contribution in [1.29, 1.82) is 0 Å². The van der Waals surface area contributed by atoms with Crippen molar-refractivity contribution in [2.45, 2.75) is 25.9 Å². The molecule has 2 atom stereocenters. The van der Waals surface area contributed by atoms with Gasteiger partial charge in [0.25, 0.3) is 0 Å². The number of carboxylic acid groups (broad SMARTS) is 1. The number of carbonyl (C=O) groups is 1. The van der Waals surface area contributed by atoms with Gasteiger partial charge in [-0.15, -0.1) is 0 Å². The molecule has 1 aromatic heterocycles. The average Bonchev–Trinajstić information content (AvgIpc) is 2.80. The largest absolute Gasteiger partial charge is 0.465 e. The van der Waals surface area contributed by atoms with Gasteiger partial charge >= 0.3 is 6.09 Å². The third-order valence-corrected chi connectivity index (χ3v) is 4.83. The van der Waals surface area contributed by atoms with Gasteiger partial charge in [0.1, 0.15) is 5.82 Å². The molecule has 112 valence electrons. The summed E-state index contributed by atoms with van der Waals surface area (Å²) >= 11 is 1.44. The van der Waals surface area contributed by atoms with Crippen LogP contribution in [0.5, 0.6) is 0 Å². The molecule has 21 heavy (non-hydrogen) atoms. The van der Waals surface area contributed by atoms with Crippen LogP contribution in [-0.2, 0) is 0 Å². The molecule has 1 saturated heterocycles. The van der Waals surface area contributed by atoms with Gasteiger partial charge in [-0.05, 0) is 32.0 Å². The number of fused-ring (bicyclic) bond motifs is 1. The molecular weight excluding hydrogens is 293 g/mol. The summed E-state index contributed by atoms with van der Waals surface area (Å²) < 4.78 is 14.1. The number of piperazine rings is 1. The normalized spacial score (nSPS) is 22.8. The van der Waals surface area contributed by atoms with E-state index in [2.05, 4.69) is 9.88 Å². The highest BCUT2D eigenvalue weighted by atomic mass is 32.1. The SMILES string of the molecule is C[C@@H]1CN(c2nc3ccc(F)cc3s2)C[C@H](C)N1C(=O)O. The molecule has 0 saturated carbocycles. The zero-order valence-electron chi connectivity index (χ0n) is 11.8. The first kappa shape index (κ1) is 14.1. The first-order chi connectivity index (χ1) is 9.95. The van der Waals surface area contributed by atoms with Crippen molar-refractivity contribution >= 4 is 32.8 Å². The maximum atomic E-state index is 13.2. The quantitative estimate of drug-likeness (QED) is 0.880. The zero-order chi connectivity index (χ0) is 15.1. The molecule has 0 bridgehead atoms. The second-order valence-electron chi connectivity index (χ2n) is 5.40. The minimum Gasteiger partial charge on any atom is -0.465 e. The van der Waals surface area contributed by atoms with Gasteiger partial charge in [-0.3, -0.25) is 4.90 Å². The van der Waals surface area contributed by atoms with Gasteiger partial charge in [-0.1, -0.05) is 11.3 Å². The van der Waals surface area contributed by atoms with E-state index in [1.54, 1.807) is 6.07 Å². The molecule has 2 heterocycles. The fourth-order valence-electron chi connectivity index (χ4n) is 2.88. The Bertz CT molecular complexity index is 678. The summed E-state index contributed by atoms with van der Waals surface area (Å²) in [4.78, 5) is 19.3. The van der Waals surface area contributed by atoms with Gasteiger partial charge in [0, 0.05) is 13.1 Å². The lowest BCUT2D eigenvalue weighted by Crippen LogP contribution is -2.58. The summed E-state index contributed by atoms with van der Waals surface area (Å²) in [6.07, 6.45) is -0.888. The lowest BCUT2D eigenvalue weighted by molar-refractivity contribution is 0.0982. The number of thiazole rings is 1. The molecule has 1 aliphatic rings. The van der Waals surface area contributed by atoms with Crippen molar-refractivity contribution in [2.75, 3.05) is 18.0 Å². The first-order valence-corrected chi connectivity index (χ1v) is 7.59. The molecule has 7 heteroatoms. The van der Waals surface area contributed by atoms with E-state index < -0.39 is 6.09 Å². The van der Waals surface area contributed by atoms with Crippen molar-refractivity contribution in [2.24, 2.45) is 0 Å². The fourth-order valence-corrected chi connectivity index (χ4v) is 3.89. The summed E-state index contributed by atoms with van der Waals surface area (Å²) in [5.74, 6) is -0.268. The standard InChI is InChI=1S/C14H16FN3O2S/c1-8-6-17(7-9(2)18(8)14(19)20)13-16-11-4-3-10(15)5-12(11)21-13/h3-5,8-9H,6-7H2,1-2H3,(H,19,20)/t8-,9+. The third-order valence-electron chi connectivity index (χ3n) is 3.75. The summed E-state index contributed by atoms with van der Waals surface area (Å²) in [5, 5.41) is 10.1. The summed E-state index contributed by atoms with van der Waals surface area (Å²) in [7, 11) is 0. The van der Waals surface area contributed by atoms with Crippen LogP contribution in [0, 0.1) is 5.82 Å². The van der Waals surface area contributed by atoms with Crippen molar-refractivity contribution in [3.8, 4) is 0 Å². The van der Waals surface area contributed by atoms with E-state index in [1.165, 1.54) is 28.4 Å². The number of rotatable bonds is 1. The van der Waals surface area contributed by atoms with Gasteiger partial charge in [0.05, 0.1) is 22.3 Å². The van der Waals surface area contributed by atoms with E-state index in [9.17, 15) is 14.3 Å². The smallest absolute Gasteiger partial charge is 0.407 e. The van der Waals surface area contributed by atoms with Gasteiger partial charge in [-0.2, -0.15) is 0 Å². The Labute approximate surface area is 125 Å². The van der Waals surface area contributed by atoms with Crippen molar-refractivity contribution in [3.05, 3.63) is 24.0 Å². The lowest BCUT2D eigenvalue weighted by atomic mass is 10.1. The Morgan fingerprint density at radius 2 is 2.05 bits per heavy atom. The van der Waals surface area contributed by atoms with Crippen LogP contribution < -0.4 is 4.90 Å². The van der Waals surface area contributed by atoms with Crippen molar-refractivity contribution in [3.63, 3.8) is 0 Å². The van der Waals surface area contributed by atoms with Crippen LogP contribution >= 0.6 is 11.3 Å². The molecular formula is C14H16FN3O2S. The highest BCUT2D eigenvalue weighted by molar-refractivity contribution is 7.22. The molecule has 3 rings (SSSR count). The van der Waals surface area contributed by atoms with E-state index in [4.69, 9.17) is 0 Å². The minimum absolute atomic E-state index is 0.102.